The van der Waals surface area contributed by atoms with Crippen LogP contribution in [0.4, 0.5) is 0 Å². The molecule has 0 N–H and O–H groups in total. The van der Waals surface area contributed by atoms with E-state index in [9.17, 15) is 8.42 Å². The lowest BCUT2D eigenvalue weighted by Gasteiger charge is -2.18. The fraction of sp³-hybridized carbons (Fsp3) is 0.391. The Labute approximate surface area is 202 Å². The third-order valence-electron chi connectivity index (χ3n) is 5.83. The Balaban J connectivity index is 1.67. The maximum absolute atomic E-state index is 13.0. The topological polar surface area (TPSA) is 74.1 Å². The predicted molar refractivity (Wildman–Crippen MR) is 129 cm³/mol. The highest BCUT2D eigenvalue weighted by atomic mass is 79.9. The summed E-state index contributed by atoms with van der Waals surface area (Å²) >= 11 is 9.54. The number of aromatic nitrogens is 3. The lowest BCUT2D eigenvalue weighted by molar-refractivity contribution is 0.411. The van der Waals surface area contributed by atoms with Gasteiger partial charge in [-0.2, -0.15) is 0 Å². The van der Waals surface area contributed by atoms with Gasteiger partial charge in [-0.25, -0.2) is 8.42 Å². The maximum atomic E-state index is 13.0. The van der Waals surface area contributed by atoms with E-state index < -0.39 is 9.84 Å². The summed E-state index contributed by atoms with van der Waals surface area (Å²) < 4.78 is 34.4. The van der Waals surface area contributed by atoms with Crippen molar-refractivity contribution in [2.24, 2.45) is 0 Å². The number of para-hydroxylation sites is 1. The summed E-state index contributed by atoms with van der Waals surface area (Å²) in [6.07, 6.45) is 4.74. The number of methoxy groups -OCH3 is 1. The Morgan fingerprint density at radius 1 is 1.12 bits per heavy atom. The second-order valence-electron chi connectivity index (χ2n) is 8.05. The van der Waals surface area contributed by atoms with Crippen LogP contribution < -0.4 is 4.74 Å². The molecule has 32 heavy (non-hydrogen) atoms. The Kier molecular flexibility index (Phi) is 7.22. The fourth-order valence-electron chi connectivity index (χ4n) is 4.19. The first-order valence-electron chi connectivity index (χ1n) is 10.6. The molecule has 3 aromatic rings. The molecule has 9 heteroatoms. The van der Waals surface area contributed by atoms with E-state index in [0.717, 1.165) is 47.2 Å². The number of sulfone groups is 1. The van der Waals surface area contributed by atoms with Crippen LogP contribution in [0.1, 0.15) is 48.8 Å². The lowest BCUT2D eigenvalue weighted by atomic mass is 10.1. The third kappa shape index (κ3) is 5.18. The van der Waals surface area contributed by atoms with Gasteiger partial charge in [0.1, 0.15) is 23.0 Å². The molecule has 0 amide bonds. The highest BCUT2D eigenvalue weighted by Crippen LogP contribution is 2.38. The Hall–Kier alpha value is -1.90. The molecule has 1 aliphatic rings. The van der Waals surface area contributed by atoms with Crippen LogP contribution in [0.2, 0.25) is 5.02 Å². The molecular weight excluding hydrogens is 514 g/mol. The largest absolute Gasteiger partial charge is 0.495 e. The number of rotatable bonds is 8. The number of hydrogen-bond donors (Lipinski definition) is 0. The van der Waals surface area contributed by atoms with E-state index in [4.69, 9.17) is 16.3 Å². The molecule has 0 spiro atoms. The molecule has 1 fully saturated rings. The number of benzene rings is 2. The molecule has 0 unspecified atom stereocenters. The zero-order valence-electron chi connectivity index (χ0n) is 17.8. The second-order valence-corrected chi connectivity index (χ2v) is 11.5. The van der Waals surface area contributed by atoms with Gasteiger partial charge in [-0.1, -0.05) is 42.6 Å². The SMILES string of the molecule is COc1cccc(Br)c1-n1c(CS(=O)(=O)CCc2ccc(Cl)cc2)nnc1C1CCCC1. The van der Waals surface area contributed by atoms with Gasteiger partial charge in [-0.3, -0.25) is 4.57 Å². The summed E-state index contributed by atoms with van der Waals surface area (Å²) in [7, 11) is -1.82. The van der Waals surface area contributed by atoms with Crippen molar-refractivity contribution in [3.8, 4) is 11.4 Å². The standard InChI is InChI=1S/C23H25BrClN3O3S/c1-31-20-8-4-7-19(24)22(20)28-21(26-27-23(28)17-5-2-3-6-17)15-32(29,30)14-13-16-9-11-18(25)12-10-16/h4,7-12,17H,2-3,5-6,13-15H2,1H3. The highest BCUT2D eigenvalue weighted by molar-refractivity contribution is 9.10. The minimum Gasteiger partial charge on any atom is -0.495 e. The molecule has 0 atom stereocenters. The maximum Gasteiger partial charge on any atom is 0.157 e. The Morgan fingerprint density at radius 3 is 2.53 bits per heavy atom. The van der Waals surface area contributed by atoms with Crippen molar-refractivity contribution in [1.82, 2.24) is 14.8 Å². The van der Waals surface area contributed by atoms with Crippen LogP contribution in [-0.2, 0) is 22.0 Å². The van der Waals surface area contributed by atoms with Crippen LogP contribution in [0.3, 0.4) is 0 Å². The van der Waals surface area contributed by atoms with Crippen LogP contribution in [0.5, 0.6) is 5.75 Å². The first-order valence-corrected chi connectivity index (χ1v) is 13.6. The minimum atomic E-state index is -3.43. The predicted octanol–water partition coefficient (Wildman–Crippen LogP) is 5.51. The molecule has 2 aromatic carbocycles. The van der Waals surface area contributed by atoms with E-state index in [-0.39, 0.29) is 17.4 Å². The molecule has 0 radical (unpaired) electrons. The van der Waals surface area contributed by atoms with Crippen LogP contribution in [0, 0.1) is 0 Å². The van der Waals surface area contributed by atoms with E-state index in [1.54, 1.807) is 19.2 Å². The van der Waals surface area contributed by atoms with Crippen LogP contribution in [0.25, 0.3) is 5.69 Å². The van der Waals surface area contributed by atoms with Crippen molar-refractivity contribution in [3.63, 3.8) is 0 Å². The quantitative estimate of drug-likeness (QED) is 0.378. The molecule has 170 valence electrons. The summed E-state index contributed by atoms with van der Waals surface area (Å²) in [5.41, 5.74) is 1.67. The van der Waals surface area contributed by atoms with Crippen molar-refractivity contribution in [3.05, 3.63) is 69.2 Å². The molecule has 4 rings (SSSR count). The smallest absolute Gasteiger partial charge is 0.157 e. The van der Waals surface area contributed by atoms with Crippen LogP contribution in [-0.4, -0.2) is 36.0 Å². The van der Waals surface area contributed by atoms with Gasteiger partial charge in [-0.15, -0.1) is 10.2 Å². The summed E-state index contributed by atoms with van der Waals surface area (Å²) in [5, 5.41) is 9.44. The average Bonchev–Trinajstić information content (AvgIpc) is 3.43. The van der Waals surface area contributed by atoms with Gasteiger partial charge in [-0.05, 0) is 65.0 Å². The fourth-order valence-corrected chi connectivity index (χ4v) is 6.11. The Morgan fingerprint density at radius 2 is 1.84 bits per heavy atom. The summed E-state index contributed by atoms with van der Waals surface area (Å²) in [6.45, 7) is 0. The van der Waals surface area contributed by atoms with E-state index in [0.29, 0.717) is 23.0 Å². The van der Waals surface area contributed by atoms with E-state index in [1.165, 1.54) is 0 Å². The summed E-state index contributed by atoms with van der Waals surface area (Å²) in [5.74, 6) is 1.94. The lowest BCUT2D eigenvalue weighted by Crippen LogP contribution is -2.16. The molecule has 0 aliphatic heterocycles. The molecule has 1 saturated carbocycles. The number of hydrogen-bond acceptors (Lipinski definition) is 5. The summed E-state index contributed by atoms with van der Waals surface area (Å²) in [6, 6.07) is 12.9. The van der Waals surface area contributed by atoms with Gasteiger partial charge in [0, 0.05) is 15.4 Å². The molecule has 1 aromatic heterocycles. The number of aryl methyl sites for hydroxylation is 1. The number of halogens is 2. The second kappa shape index (κ2) is 9.93. The van der Waals surface area contributed by atoms with E-state index in [1.807, 2.05) is 34.9 Å². The van der Waals surface area contributed by atoms with E-state index in [2.05, 4.69) is 26.1 Å². The number of nitrogens with zero attached hydrogens (tertiary/aromatic N) is 3. The van der Waals surface area contributed by atoms with Gasteiger partial charge < -0.3 is 4.74 Å². The highest BCUT2D eigenvalue weighted by Gasteiger charge is 2.29. The molecule has 1 heterocycles. The summed E-state index contributed by atoms with van der Waals surface area (Å²) in [4.78, 5) is 0. The molecule has 6 nitrogen and oxygen atoms in total. The first kappa shape index (κ1) is 23.3. The molecule has 0 saturated heterocycles. The molecule has 0 bridgehead atoms. The van der Waals surface area contributed by atoms with Gasteiger partial charge >= 0.3 is 0 Å². The van der Waals surface area contributed by atoms with Gasteiger partial charge in [0.25, 0.3) is 0 Å². The zero-order valence-corrected chi connectivity index (χ0v) is 21.0. The Bertz CT molecular complexity index is 1190. The van der Waals surface area contributed by atoms with Crippen LogP contribution >= 0.6 is 27.5 Å². The monoisotopic (exact) mass is 537 g/mol. The van der Waals surface area contributed by atoms with Gasteiger partial charge in [0.15, 0.2) is 15.7 Å². The average molecular weight is 539 g/mol. The van der Waals surface area contributed by atoms with Crippen LogP contribution in [0.15, 0.2) is 46.9 Å². The minimum absolute atomic E-state index is 0.0212. The first-order chi connectivity index (χ1) is 15.4. The van der Waals surface area contributed by atoms with Crippen molar-refractivity contribution in [1.29, 1.82) is 0 Å². The zero-order chi connectivity index (χ0) is 22.7. The molecule has 1 aliphatic carbocycles. The van der Waals surface area contributed by atoms with Crippen molar-refractivity contribution in [2.45, 2.75) is 43.8 Å². The van der Waals surface area contributed by atoms with Crippen molar-refractivity contribution < 1.29 is 13.2 Å². The van der Waals surface area contributed by atoms with E-state index >= 15 is 0 Å². The normalized spacial score (nSPS) is 14.7. The molecular formula is C23H25BrClN3O3S. The van der Waals surface area contributed by atoms with Gasteiger partial charge in [0.2, 0.25) is 0 Å². The van der Waals surface area contributed by atoms with Crippen molar-refractivity contribution in [2.75, 3.05) is 12.9 Å². The number of ether oxygens (including phenoxy) is 1. The third-order valence-corrected chi connectivity index (χ3v) is 8.25. The van der Waals surface area contributed by atoms with Crippen molar-refractivity contribution >= 4 is 37.4 Å². The van der Waals surface area contributed by atoms with Gasteiger partial charge in [0.05, 0.1) is 12.9 Å².